The number of alkyl halides is 9. The zero-order valence-electron chi connectivity index (χ0n) is 25.4. The first-order chi connectivity index (χ1) is 20.6. The number of hydrogen-bond donors (Lipinski definition) is 0. The van der Waals surface area contributed by atoms with Gasteiger partial charge in [-0.3, -0.25) is 0 Å². The Bertz CT molecular complexity index is 1500. The van der Waals surface area contributed by atoms with Gasteiger partial charge in [0.1, 0.15) is 11.6 Å². The fourth-order valence-corrected chi connectivity index (χ4v) is 5.16. The highest BCUT2D eigenvalue weighted by Crippen LogP contribution is 2.42. The van der Waals surface area contributed by atoms with Gasteiger partial charge in [-0.1, -0.05) is 33.4 Å². The van der Waals surface area contributed by atoms with Gasteiger partial charge in [0.05, 0.1) is 23.8 Å². The molecule has 246 valence electrons. The second kappa shape index (κ2) is 13.0. The van der Waals surface area contributed by atoms with Gasteiger partial charge in [-0.2, -0.15) is 39.5 Å². The van der Waals surface area contributed by atoms with Crippen molar-refractivity contribution in [3.05, 3.63) is 100 Å². The minimum absolute atomic E-state index is 0.0355. The van der Waals surface area contributed by atoms with Crippen LogP contribution in [0.1, 0.15) is 79.8 Å². The molecule has 0 saturated heterocycles. The summed E-state index contributed by atoms with van der Waals surface area (Å²) in [5, 5.41) is 0. The summed E-state index contributed by atoms with van der Waals surface area (Å²) in [6.45, 7) is 11.6. The van der Waals surface area contributed by atoms with Gasteiger partial charge in [0.25, 0.3) is 0 Å². The van der Waals surface area contributed by atoms with Crippen LogP contribution in [-0.4, -0.2) is 18.1 Å². The highest BCUT2D eigenvalue weighted by Gasteiger charge is 2.38. The Morgan fingerprint density at radius 3 is 1.73 bits per heavy atom. The number of nitrogens with zero attached hydrogens (tertiary/aromatic N) is 1. The summed E-state index contributed by atoms with van der Waals surface area (Å²) in [6, 6.07) is 6.11. The van der Waals surface area contributed by atoms with E-state index in [9.17, 15) is 43.9 Å². The SMILES string of the molecule is C=C(C)N(Cc1cc(C(F)(F)F)ccc1-c1cc(C(C)C)c(F)cc1OC)C(C)C(C)c1cc(C(F)(F)F)cc(C(F)(F)F)c1. The molecule has 0 fully saturated rings. The van der Waals surface area contributed by atoms with E-state index in [0.29, 0.717) is 29.0 Å². The molecule has 0 saturated carbocycles. The molecule has 2 unspecified atom stereocenters. The third kappa shape index (κ3) is 8.12. The van der Waals surface area contributed by atoms with Crippen molar-refractivity contribution in [3.63, 3.8) is 0 Å². The number of hydrogen-bond acceptors (Lipinski definition) is 2. The fraction of sp³-hybridized carbons (Fsp3) is 0.394. The maximum Gasteiger partial charge on any atom is 0.416 e. The molecule has 0 aromatic heterocycles. The molecule has 0 heterocycles. The van der Waals surface area contributed by atoms with Crippen molar-refractivity contribution in [1.82, 2.24) is 4.90 Å². The minimum atomic E-state index is -5.05. The van der Waals surface area contributed by atoms with E-state index in [1.54, 1.807) is 13.8 Å². The number of halogens is 10. The number of methoxy groups -OCH3 is 1. The van der Waals surface area contributed by atoms with E-state index in [4.69, 9.17) is 4.74 Å². The van der Waals surface area contributed by atoms with Gasteiger partial charge in [0.2, 0.25) is 0 Å². The Labute approximate surface area is 255 Å². The van der Waals surface area contributed by atoms with E-state index in [2.05, 4.69) is 6.58 Å². The molecule has 12 heteroatoms. The predicted octanol–water partition coefficient (Wildman–Crippen LogP) is 11.2. The van der Waals surface area contributed by atoms with Crippen molar-refractivity contribution in [1.29, 1.82) is 0 Å². The van der Waals surface area contributed by atoms with Gasteiger partial charge in [0.15, 0.2) is 0 Å². The molecule has 0 spiro atoms. The Hall–Kier alpha value is -3.70. The van der Waals surface area contributed by atoms with Crippen LogP contribution in [0.4, 0.5) is 43.9 Å². The lowest BCUT2D eigenvalue weighted by atomic mass is 9.89. The molecule has 0 bridgehead atoms. The van der Waals surface area contributed by atoms with Gasteiger partial charge in [-0.25, -0.2) is 4.39 Å². The summed E-state index contributed by atoms with van der Waals surface area (Å²) in [6.07, 6.45) is -14.8. The lowest BCUT2D eigenvalue weighted by molar-refractivity contribution is -0.143. The summed E-state index contributed by atoms with van der Waals surface area (Å²) >= 11 is 0. The Kier molecular flexibility index (Phi) is 10.3. The summed E-state index contributed by atoms with van der Waals surface area (Å²) in [5.41, 5.74) is -2.92. The molecule has 0 aliphatic heterocycles. The van der Waals surface area contributed by atoms with E-state index in [-0.39, 0.29) is 41.0 Å². The minimum Gasteiger partial charge on any atom is -0.496 e. The molecule has 45 heavy (non-hydrogen) atoms. The average Bonchev–Trinajstić information content (AvgIpc) is 2.92. The monoisotopic (exact) mass is 649 g/mol. The highest BCUT2D eigenvalue weighted by molar-refractivity contribution is 5.75. The molecule has 0 N–H and O–H groups in total. The molecule has 2 nitrogen and oxygen atoms in total. The first kappa shape index (κ1) is 35.8. The van der Waals surface area contributed by atoms with Crippen LogP contribution < -0.4 is 4.74 Å². The first-order valence-corrected chi connectivity index (χ1v) is 13.9. The van der Waals surface area contributed by atoms with Crippen molar-refractivity contribution in [2.24, 2.45) is 0 Å². The molecular weight excluding hydrogens is 616 g/mol. The maximum absolute atomic E-state index is 14.8. The molecule has 0 aliphatic carbocycles. The van der Waals surface area contributed by atoms with Gasteiger partial charge in [-0.05, 0) is 78.4 Å². The Morgan fingerprint density at radius 1 is 0.756 bits per heavy atom. The second-order valence-electron chi connectivity index (χ2n) is 11.3. The molecule has 2 atom stereocenters. The van der Waals surface area contributed by atoms with Crippen molar-refractivity contribution in [2.45, 2.75) is 77.6 Å². The molecule has 0 aliphatic rings. The third-order valence-electron chi connectivity index (χ3n) is 7.85. The first-order valence-electron chi connectivity index (χ1n) is 13.9. The lowest BCUT2D eigenvalue weighted by Crippen LogP contribution is -2.35. The molecule has 3 rings (SSSR count). The summed E-state index contributed by atoms with van der Waals surface area (Å²) in [5.74, 6) is -1.75. The number of rotatable bonds is 9. The zero-order valence-corrected chi connectivity index (χ0v) is 25.4. The van der Waals surface area contributed by atoms with Gasteiger partial charge in [-0.15, -0.1) is 0 Å². The van der Waals surface area contributed by atoms with Gasteiger partial charge < -0.3 is 9.64 Å². The molecular formula is C33H33F10NO. The van der Waals surface area contributed by atoms with Crippen molar-refractivity contribution < 1.29 is 48.6 Å². The van der Waals surface area contributed by atoms with Crippen LogP contribution in [0.15, 0.2) is 60.8 Å². The predicted molar refractivity (Wildman–Crippen MR) is 152 cm³/mol. The Balaban J connectivity index is 2.19. The molecule has 0 amide bonds. The fourth-order valence-electron chi connectivity index (χ4n) is 5.16. The summed E-state index contributed by atoms with van der Waals surface area (Å²) in [7, 11) is 1.28. The molecule has 3 aromatic rings. The van der Waals surface area contributed by atoms with Crippen molar-refractivity contribution >= 4 is 0 Å². The summed E-state index contributed by atoms with van der Waals surface area (Å²) < 4.78 is 143. The maximum atomic E-state index is 14.8. The summed E-state index contributed by atoms with van der Waals surface area (Å²) in [4.78, 5) is 1.51. The molecule has 3 aromatic carbocycles. The highest BCUT2D eigenvalue weighted by atomic mass is 19.4. The smallest absolute Gasteiger partial charge is 0.416 e. The van der Waals surface area contributed by atoms with Crippen LogP contribution in [-0.2, 0) is 25.1 Å². The van der Waals surface area contributed by atoms with Crippen LogP contribution in [0.2, 0.25) is 0 Å². The largest absolute Gasteiger partial charge is 0.496 e. The van der Waals surface area contributed by atoms with Crippen LogP contribution in [0.25, 0.3) is 11.1 Å². The topological polar surface area (TPSA) is 12.5 Å². The normalized spacial score (nSPS) is 14.0. The van der Waals surface area contributed by atoms with E-state index < -0.39 is 53.0 Å². The second-order valence-corrected chi connectivity index (χ2v) is 11.3. The quantitative estimate of drug-likeness (QED) is 0.214. The van der Waals surface area contributed by atoms with Crippen LogP contribution in [0.5, 0.6) is 5.75 Å². The van der Waals surface area contributed by atoms with Crippen molar-refractivity contribution in [3.8, 4) is 16.9 Å². The standard InChI is InChI=1S/C33H33F10NO/c1-17(2)27-14-28(30(45-7)15-29(27)34)26-9-8-23(31(35,36)37)12-22(26)16-44(18(3)4)20(6)19(5)21-10-24(32(38,39)40)13-25(11-21)33(41,42)43/h8-15,17,19-20H,3,16H2,1-2,4-7H3. The average molecular weight is 650 g/mol. The van der Waals surface area contributed by atoms with E-state index in [1.807, 2.05) is 0 Å². The van der Waals surface area contributed by atoms with Gasteiger partial charge >= 0.3 is 18.5 Å². The number of benzene rings is 3. The zero-order chi connectivity index (χ0) is 34.2. The number of ether oxygens (including phenoxy) is 1. The van der Waals surface area contributed by atoms with Gasteiger partial charge in [0, 0.05) is 35.8 Å². The van der Waals surface area contributed by atoms with Crippen LogP contribution in [0, 0.1) is 5.82 Å². The number of allylic oxidation sites excluding steroid dienone is 1. The lowest BCUT2D eigenvalue weighted by Gasteiger charge is -2.36. The third-order valence-corrected chi connectivity index (χ3v) is 7.85. The van der Waals surface area contributed by atoms with Crippen molar-refractivity contribution in [2.75, 3.05) is 7.11 Å². The van der Waals surface area contributed by atoms with E-state index in [0.717, 1.165) is 18.2 Å². The molecule has 0 radical (unpaired) electrons. The Morgan fingerprint density at radius 2 is 1.29 bits per heavy atom. The van der Waals surface area contributed by atoms with Crippen LogP contribution >= 0.6 is 0 Å². The van der Waals surface area contributed by atoms with E-state index >= 15 is 0 Å². The van der Waals surface area contributed by atoms with Crippen LogP contribution in [0.3, 0.4) is 0 Å². The van der Waals surface area contributed by atoms with E-state index in [1.165, 1.54) is 44.9 Å².